The SMILES string of the molecule is C=C(N)/C(F)=C\C(CN)=C(/C)Nc1ccc(C)cc1. The molecule has 102 valence electrons. The van der Waals surface area contributed by atoms with E-state index in [0.717, 1.165) is 11.4 Å². The van der Waals surface area contributed by atoms with E-state index in [1.54, 1.807) is 0 Å². The first-order chi connectivity index (χ1) is 8.93. The number of nitrogens with two attached hydrogens (primary N) is 2. The second kappa shape index (κ2) is 6.75. The van der Waals surface area contributed by atoms with Crippen LogP contribution >= 0.6 is 0 Å². The van der Waals surface area contributed by atoms with E-state index in [2.05, 4.69) is 11.9 Å². The van der Waals surface area contributed by atoms with Gasteiger partial charge in [0.1, 0.15) is 5.83 Å². The number of hydrogen-bond acceptors (Lipinski definition) is 3. The number of halogens is 1. The molecule has 0 aromatic heterocycles. The first-order valence-corrected chi connectivity index (χ1v) is 5.99. The highest BCUT2D eigenvalue weighted by Crippen LogP contribution is 2.16. The Bertz CT molecular complexity index is 513. The molecule has 0 bridgehead atoms. The Morgan fingerprint density at radius 2 is 1.95 bits per heavy atom. The van der Waals surface area contributed by atoms with Crippen LogP contribution in [0.2, 0.25) is 0 Å². The van der Waals surface area contributed by atoms with Crippen molar-refractivity contribution >= 4 is 5.69 Å². The van der Waals surface area contributed by atoms with Gasteiger partial charge in [0.15, 0.2) is 0 Å². The molecule has 4 heteroatoms. The topological polar surface area (TPSA) is 64.1 Å². The summed E-state index contributed by atoms with van der Waals surface area (Å²) < 4.78 is 13.4. The van der Waals surface area contributed by atoms with Gasteiger partial charge >= 0.3 is 0 Å². The zero-order valence-corrected chi connectivity index (χ0v) is 11.3. The lowest BCUT2D eigenvalue weighted by atomic mass is 10.1. The molecular formula is C15H20FN3. The van der Waals surface area contributed by atoms with E-state index in [0.29, 0.717) is 5.57 Å². The maximum absolute atomic E-state index is 13.4. The maximum Gasteiger partial charge on any atom is 0.145 e. The maximum atomic E-state index is 13.4. The minimum atomic E-state index is -0.564. The first kappa shape index (κ1) is 15.0. The largest absolute Gasteiger partial charge is 0.397 e. The molecule has 3 nitrogen and oxygen atoms in total. The molecule has 1 rings (SSSR count). The number of hydrogen-bond donors (Lipinski definition) is 3. The minimum Gasteiger partial charge on any atom is -0.397 e. The van der Waals surface area contributed by atoms with E-state index >= 15 is 0 Å². The van der Waals surface area contributed by atoms with Gasteiger partial charge in [-0.15, -0.1) is 0 Å². The van der Waals surface area contributed by atoms with Crippen LogP contribution in [-0.2, 0) is 0 Å². The molecule has 0 atom stereocenters. The van der Waals surface area contributed by atoms with E-state index in [-0.39, 0.29) is 12.2 Å². The number of anilines is 1. The third-order valence-corrected chi connectivity index (χ3v) is 2.69. The van der Waals surface area contributed by atoms with Crippen LogP contribution in [0.3, 0.4) is 0 Å². The van der Waals surface area contributed by atoms with Gasteiger partial charge in [0.2, 0.25) is 0 Å². The lowest BCUT2D eigenvalue weighted by molar-refractivity contribution is 0.648. The smallest absolute Gasteiger partial charge is 0.145 e. The highest BCUT2D eigenvalue weighted by Gasteiger charge is 2.03. The van der Waals surface area contributed by atoms with Gasteiger partial charge in [-0.05, 0) is 37.6 Å². The van der Waals surface area contributed by atoms with Crippen LogP contribution in [0, 0.1) is 6.92 Å². The van der Waals surface area contributed by atoms with Crippen molar-refractivity contribution in [2.24, 2.45) is 11.5 Å². The summed E-state index contributed by atoms with van der Waals surface area (Å²) in [7, 11) is 0. The number of benzene rings is 1. The van der Waals surface area contributed by atoms with Crippen molar-refractivity contribution in [1.29, 1.82) is 0 Å². The van der Waals surface area contributed by atoms with Crippen LogP contribution in [-0.4, -0.2) is 6.54 Å². The summed E-state index contributed by atoms with van der Waals surface area (Å²) in [4.78, 5) is 0. The lowest BCUT2D eigenvalue weighted by Gasteiger charge is -2.11. The number of nitrogens with one attached hydrogen (secondary N) is 1. The fraction of sp³-hybridized carbons (Fsp3) is 0.200. The molecule has 5 N–H and O–H groups in total. The van der Waals surface area contributed by atoms with Crippen LogP contribution in [0.4, 0.5) is 10.1 Å². The molecule has 1 aromatic rings. The van der Waals surface area contributed by atoms with Gasteiger partial charge < -0.3 is 16.8 Å². The Labute approximate surface area is 113 Å². The van der Waals surface area contributed by atoms with E-state index in [1.165, 1.54) is 11.6 Å². The predicted molar refractivity (Wildman–Crippen MR) is 79.1 cm³/mol. The first-order valence-electron chi connectivity index (χ1n) is 5.99. The van der Waals surface area contributed by atoms with Crippen molar-refractivity contribution < 1.29 is 4.39 Å². The lowest BCUT2D eigenvalue weighted by Crippen LogP contribution is -2.09. The molecular weight excluding hydrogens is 241 g/mol. The second-order valence-electron chi connectivity index (χ2n) is 4.36. The average Bonchev–Trinajstić information content (AvgIpc) is 2.38. The zero-order chi connectivity index (χ0) is 14.4. The van der Waals surface area contributed by atoms with Crippen molar-refractivity contribution in [1.82, 2.24) is 0 Å². The van der Waals surface area contributed by atoms with Crippen LogP contribution < -0.4 is 16.8 Å². The quantitative estimate of drug-likeness (QED) is 0.714. The summed E-state index contributed by atoms with van der Waals surface area (Å²) in [6.07, 6.45) is 1.30. The third-order valence-electron chi connectivity index (χ3n) is 2.69. The molecule has 0 amide bonds. The zero-order valence-electron chi connectivity index (χ0n) is 11.3. The van der Waals surface area contributed by atoms with Gasteiger partial charge in [-0.1, -0.05) is 24.3 Å². The standard InChI is InChI=1S/C15H20FN3/c1-10-4-6-14(7-5-10)19-12(3)13(9-17)8-15(16)11(2)18/h4-8,19H,2,9,17-18H2,1,3H3/b13-12-,15-8+. The van der Waals surface area contributed by atoms with Gasteiger partial charge in [-0.3, -0.25) is 0 Å². The van der Waals surface area contributed by atoms with E-state index < -0.39 is 5.83 Å². The number of aryl methyl sites for hydroxylation is 1. The fourth-order valence-corrected chi connectivity index (χ4v) is 1.50. The second-order valence-corrected chi connectivity index (χ2v) is 4.36. The van der Waals surface area contributed by atoms with Crippen molar-refractivity contribution in [3.05, 3.63) is 65.3 Å². The van der Waals surface area contributed by atoms with Gasteiger partial charge in [0.05, 0.1) is 5.70 Å². The molecule has 0 aliphatic rings. The van der Waals surface area contributed by atoms with Crippen LogP contribution in [0.25, 0.3) is 0 Å². The fourth-order valence-electron chi connectivity index (χ4n) is 1.50. The molecule has 0 unspecified atom stereocenters. The summed E-state index contributed by atoms with van der Waals surface area (Å²) in [6, 6.07) is 7.90. The highest BCUT2D eigenvalue weighted by atomic mass is 19.1. The van der Waals surface area contributed by atoms with Crippen LogP contribution in [0.5, 0.6) is 0 Å². The van der Waals surface area contributed by atoms with Gasteiger partial charge in [-0.2, -0.15) is 0 Å². The summed E-state index contributed by atoms with van der Waals surface area (Å²) >= 11 is 0. The average molecular weight is 261 g/mol. The summed E-state index contributed by atoms with van der Waals surface area (Å²) in [5.74, 6) is -0.564. The van der Waals surface area contributed by atoms with E-state index in [1.807, 2.05) is 38.1 Å². The van der Waals surface area contributed by atoms with Gasteiger partial charge in [0, 0.05) is 17.9 Å². The Morgan fingerprint density at radius 3 is 2.42 bits per heavy atom. The van der Waals surface area contributed by atoms with Crippen molar-refractivity contribution in [3.63, 3.8) is 0 Å². The summed E-state index contributed by atoms with van der Waals surface area (Å²) in [6.45, 7) is 7.41. The molecule has 0 saturated heterocycles. The Kier molecular flexibility index (Phi) is 5.33. The normalized spacial score (nSPS) is 12.9. The Morgan fingerprint density at radius 1 is 1.37 bits per heavy atom. The van der Waals surface area contributed by atoms with Crippen LogP contribution in [0.1, 0.15) is 12.5 Å². The molecule has 0 aliphatic carbocycles. The Balaban J connectivity index is 2.95. The molecule has 0 heterocycles. The molecule has 19 heavy (non-hydrogen) atoms. The monoisotopic (exact) mass is 261 g/mol. The highest BCUT2D eigenvalue weighted by molar-refractivity contribution is 5.51. The number of allylic oxidation sites excluding steroid dienone is 2. The van der Waals surface area contributed by atoms with E-state index in [4.69, 9.17) is 11.5 Å². The minimum absolute atomic E-state index is 0.103. The van der Waals surface area contributed by atoms with Crippen molar-refractivity contribution in [2.75, 3.05) is 11.9 Å². The third kappa shape index (κ3) is 4.60. The Hall–Kier alpha value is -2.07. The summed E-state index contributed by atoms with van der Waals surface area (Å²) in [5, 5.41) is 3.18. The molecule has 0 aliphatic heterocycles. The molecule has 0 spiro atoms. The van der Waals surface area contributed by atoms with E-state index in [9.17, 15) is 4.39 Å². The summed E-state index contributed by atoms with van der Waals surface area (Å²) in [5.41, 5.74) is 14.3. The van der Waals surface area contributed by atoms with Gasteiger partial charge in [-0.25, -0.2) is 4.39 Å². The predicted octanol–water partition coefficient (Wildman–Crippen LogP) is 2.97. The molecule has 0 fully saturated rings. The molecule has 1 aromatic carbocycles. The van der Waals surface area contributed by atoms with Crippen LogP contribution in [0.15, 0.2) is 59.7 Å². The van der Waals surface area contributed by atoms with Crippen molar-refractivity contribution in [3.8, 4) is 0 Å². The molecule has 0 radical (unpaired) electrons. The van der Waals surface area contributed by atoms with Gasteiger partial charge in [0.25, 0.3) is 0 Å². The number of rotatable bonds is 5. The molecule has 0 saturated carbocycles. The van der Waals surface area contributed by atoms with Crippen molar-refractivity contribution in [2.45, 2.75) is 13.8 Å².